The summed E-state index contributed by atoms with van der Waals surface area (Å²) in [4.78, 5) is 4.10. The van der Waals surface area contributed by atoms with Gasteiger partial charge in [0.2, 0.25) is 10.0 Å². The van der Waals surface area contributed by atoms with Crippen LogP contribution in [0.2, 0.25) is 0 Å². The molecule has 120 valence electrons. The SMILES string of the molecule is CCS(=O)(=O)N(C)CCCNC(=NC)NC(C)COC. The van der Waals surface area contributed by atoms with Crippen LogP contribution in [-0.2, 0) is 14.8 Å². The molecule has 0 amide bonds. The predicted octanol–water partition coefficient (Wildman–Crippen LogP) is -0.142. The molecule has 7 nitrogen and oxygen atoms in total. The largest absolute Gasteiger partial charge is 0.383 e. The van der Waals surface area contributed by atoms with Gasteiger partial charge in [0.15, 0.2) is 5.96 Å². The number of nitrogens with one attached hydrogen (secondary N) is 2. The highest BCUT2D eigenvalue weighted by molar-refractivity contribution is 7.89. The quantitative estimate of drug-likeness (QED) is 0.352. The molecule has 0 radical (unpaired) electrons. The van der Waals surface area contributed by atoms with E-state index >= 15 is 0 Å². The third kappa shape index (κ3) is 7.66. The van der Waals surface area contributed by atoms with Crippen molar-refractivity contribution in [3.8, 4) is 0 Å². The smallest absolute Gasteiger partial charge is 0.213 e. The zero-order valence-corrected chi connectivity index (χ0v) is 14.0. The highest BCUT2D eigenvalue weighted by Crippen LogP contribution is 1.98. The average molecular weight is 308 g/mol. The highest BCUT2D eigenvalue weighted by atomic mass is 32.2. The van der Waals surface area contributed by atoms with Gasteiger partial charge in [-0.25, -0.2) is 12.7 Å². The maximum atomic E-state index is 11.6. The minimum atomic E-state index is -3.09. The Morgan fingerprint density at radius 1 is 1.45 bits per heavy atom. The molecule has 0 spiro atoms. The molecule has 0 fully saturated rings. The zero-order valence-electron chi connectivity index (χ0n) is 13.1. The van der Waals surface area contributed by atoms with Crippen LogP contribution in [0.4, 0.5) is 0 Å². The fourth-order valence-electron chi connectivity index (χ4n) is 1.59. The molecule has 0 bridgehead atoms. The fraction of sp³-hybridized carbons (Fsp3) is 0.917. The van der Waals surface area contributed by atoms with Crippen molar-refractivity contribution in [2.45, 2.75) is 26.3 Å². The molecular formula is C12H28N4O3S. The first kappa shape index (κ1) is 19.1. The molecule has 0 aromatic carbocycles. The van der Waals surface area contributed by atoms with Gasteiger partial charge >= 0.3 is 0 Å². The molecule has 20 heavy (non-hydrogen) atoms. The van der Waals surface area contributed by atoms with Crippen LogP contribution in [0.5, 0.6) is 0 Å². The highest BCUT2D eigenvalue weighted by Gasteiger charge is 2.14. The lowest BCUT2D eigenvalue weighted by Gasteiger charge is -2.18. The van der Waals surface area contributed by atoms with Crippen molar-refractivity contribution in [1.82, 2.24) is 14.9 Å². The van der Waals surface area contributed by atoms with Gasteiger partial charge in [0.05, 0.1) is 12.4 Å². The van der Waals surface area contributed by atoms with Gasteiger partial charge < -0.3 is 15.4 Å². The number of aliphatic imine (C=N–C) groups is 1. The summed E-state index contributed by atoms with van der Waals surface area (Å²) in [6.45, 7) is 5.39. The second-order valence-corrected chi connectivity index (χ2v) is 6.94. The molecule has 2 N–H and O–H groups in total. The first-order chi connectivity index (χ1) is 9.37. The number of hydrogen-bond acceptors (Lipinski definition) is 4. The predicted molar refractivity (Wildman–Crippen MR) is 82.5 cm³/mol. The number of hydrogen-bond donors (Lipinski definition) is 2. The summed E-state index contributed by atoms with van der Waals surface area (Å²) >= 11 is 0. The van der Waals surface area contributed by atoms with Crippen molar-refractivity contribution < 1.29 is 13.2 Å². The van der Waals surface area contributed by atoms with Gasteiger partial charge in [-0.3, -0.25) is 4.99 Å². The minimum Gasteiger partial charge on any atom is -0.383 e. The molecule has 0 rings (SSSR count). The molecule has 0 aliphatic rings. The fourth-order valence-corrected chi connectivity index (χ4v) is 2.44. The van der Waals surface area contributed by atoms with Crippen molar-refractivity contribution in [3.05, 3.63) is 0 Å². The minimum absolute atomic E-state index is 0.134. The Bertz CT molecular complexity index is 384. The van der Waals surface area contributed by atoms with E-state index in [1.54, 1.807) is 28.1 Å². The van der Waals surface area contributed by atoms with Crippen LogP contribution in [0.3, 0.4) is 0 Å². The third-order valence-corrected chi connectivity index (χ3v) is 4.67. The Balaban J connectivity index is 3.99. The van der Waals surface area contributed by atoms with E-state index in [2.05, 4.69) is 15.6 Å². The molecule has 8 heteroatoms. The summed E-state index contributed by atoms with van der Waals surface area (Å²) < 4.78 is 29.5. The van der Waals surface area contributed by atoms with Gasteiger partial charge in [0.25, 0.3) is 0 Å². The lowest BCUT2D eigenvalue weighted by Crippen LogP contribution is -2.44. The van der Waals surface area contributed by atoms with Crippen LogP contribution in [0.1, 0.15) is 20.3 Å². The molecule has 1 unspecified atom stereocenters. The molecular weight excluding hydrogens is 280 g/mol. The van der Waals surface area contributed by atoms with Crippen LogP contribution in [0.15, 0.2) is 4.99 Å². The lowest BCUT2D eigenvalue weighted by atomic mass is 10.3. The van der Waals surface area contributed by atoms with E-state index in [9.17, 15) is 8.42 Å². The van der Waals surface area contributed by atoms with E-state index in [4.69, 9.17) is 4.74 Å². The number of guanidine groups is 1. The van der Waals surface area contributed by atoms with Crippen LogP contribution in [0.25, 0.3) is 0 Å². The summed E-state index contributed by atoms with van der Waals surface area (Å²) in [6, 6.07) is 0.161. The third-order valence-electron chi connectivity index (χ3n) is 2.81. The van der Waals surface area contributed by atoms with E-state index in [1.165, 1.54) is 4.31 Å². The molecule has 0 aromatic heterocycles. The average Bonchev–Trinajstić information content (AvgIpc) is 2.41. The number of sulfonamides is 1. The number of nitrogens with zero attached hydrogens (tertiary/aromatic N) is 2. The van der Waals surface area contributed by atoms with E-state index in [0.29, 0.717) is 25.7 Å². The van der Waals surface area contributed by atoms with E-state index in [1.807, 2.05) is 6.92 Å². The van der Waals surface area contributed by atoms with Crippen LogP contribution in [-0.4, -0.2) is 71.4 Å². The standard InChI is InChI=1S/C12H28N4O3S/c1-6-20(17,18)16(4)9-7-8-14-12(13-3)15-11(2)10-19-5/h11H,6-10H2,1-5H3,(H2,13,14,15). The summed E-state index contributed by atoms with van der Waals surface area (Å²) in [5.41, 5.74) is 0. The van der Waals surface area contributed by atoms with Crippen LogP contribution < -0.4 is 10.6 Å². The summed E-state index contributed by atoms with van der Waals surface area (Å²) in [5.74, 6) is 0.824. The van der Waals surface area contributed by atoms with Gasteiger partial charge in [0, 0.05) is 40.3 Å². The summed E-state index contributed by atoms with van der Waals surface area (Å²) in [6.07, 6.45) is 0.717. The Labute approximate surface area is 122 Å². The Kier molecular flexibility index (Phi) is 9.52. The van der Waals surface area contributed by atoms with Gasteiger partial charge in [0.1, 0.15) is 0 Å². The first-order valence-corrected chi connectivity index (χ1v) is 8.38. The molecule has 0 heterocycles. The van der Waals surface area contributed by atoms with E-state index in [0.717, 1.165) is 6.42 Å². The Morgan fingerprint density at radius 2 is 2.10 bits per heavy atom. The number of rotatable bonds is 9. The lowest BCUT2D eigenvalue weighted by molar-refractivity contribution is 0.179. The van der Waals surface area contributed by atoms with Crippen molar-refractivity contribution in [2.24, 2.45) is 4.99 Å². The van der Waals surface area contributed by atoms with Gasteiger partial charge in [-0.05, 0) is 20.3 Å². The molecule has 0 aliphatic heterocycles. The van der Waals surface area contributed by atoms with Gasteiger partial charge in [-0.2, -0.15) is 0 Å². The number of ether oxygens (including phenoxy) is 1. The maximum absolute atomic E-state index is 11.6. The van der Waals surface area contributed by atoms with E-state index < -0.39 is 10.0 Å². The molecule has 0 saturated carbocycles. The van der Waals surface area contributed by atoms with Crippen LogP contribution in [0, 0.1) is 0 Å². The zero-order chi connectivity index (χ0) is 15.6. The van der Waals surface area contributed by atoms with Crippen molar-refractivity contribution >= 4 is 16.0 Å². The normalized spacial score (nSPS) is 14.4. The second-order valence-electron chi connectivity index (χ2n) is 4.58. The van der Waals surface area contributed by atoms with Crippen molar-refractivity contribution in [3.63, 3.8) is 0 Å². The van der Waals surface area contributed by atoms with Crippen molar-refractivity contribution in [1.29, 1.82) is 0 Å². The Hall–Kier alpha value is -0.860. The Morgan fingerprint density at radius 3 is 2.60 bits per heavy atom. The molecule has 0 aromatic rings. The molecule has 0 aliphatic carbocycles. The van der Waals surface area contributed by atoms with Crippen molar-refractivity contribution in [2.75, 3.05) is 46.7 Å². The topological polar surface area (TPSA) is 83.0 Å². The first-order valence-electron chi connectivity index (χ1n) is 6.77. The monoisotopic (exact) mass is 308 g/mol. The molecule has 1 atom stereocenters. The summed E-state index contributed by atoms with van der Waals surface area (Å²) in [7, 11) is 1.86. The second kappa shape index (κ2) is 9.95. The number of methoxy groups -OCH3 is 1. The van der Waals surface area contributed by atoms with Gasteiger partial charge in [-0.15, -0.1) is 0 Å². The maximum Gasteiger partial charge on any atom is 0.213 e. The van der Waals surface area contributed by atoms with Gasteiger partial charge in [-0.1, -0.05) is 0 Å². The molecule has 0 saturated heterocycles. The van der Waals surface area contributed by atoms with Crippen LogP contribution >= 0.6 is 0 Å². The van der Waals surface area contributed by atoms with E-state index in [-0.39, 0.29) is 11.8 Å². The summed E-state index contributed by atoms with van der Waals surface area (Å²) in [5, 5.41) is 6.32.